The van der Waals surface area contributed by atoms with Crippen molar-refractivity contribution in [3.05, 3.63) is 25.5 Å². The summed E-state index contributed by atoms with van der Waals surface area (Å²) in [6.45, 7) is 16.8. The van der Waals surface area contributed by atoms with Gasteiger partial charge in [0.05, 0.1) is 0 Å². The van der Waals surface area contributed by atoms with Gasteiger partial charge in [0, 0.05) is 35.6 Å². The molecule has 0 bridgehead atoms. The van der Waals surface area contributed by atoms with Gasteiger partial charge < -0.3 is 25.5 Å². The van der Waals surface area contributed by atoms with Crippen LogP contribution in [0.5, 0.6) is 0 Å². The minimum atomic E-state index is 0. The maximum absolute atomic E-state index is 4.35. The van der Waals surface area contributed by atoms with E-state index in [1.54, 1.807) is 0 Å². The van der Waals surface area contributed by atoms with Crippen LogP contribution < -0.4 is 0 Å². The summed E-state index contributed by atoms with van der Waals surface area (Å²) < 4.78 is 0. The van der Waals surface area contributed by atoms with Gasteiger partial charge in [-0.2, -0.15) is 0 Å². The van der Waals surface area contributed by atoms with Crippen LogP contribution in [0.3, 0.4) is 0 Å². The Bertz CT molecular complexity index is 146. The molecule has 0 saturated heterocycles. The fraction of sp³-hybridized carbons (Fsp3) is 0.895. The molecule has 0 amide bonds. The Labute approximate surface area is 172 Å². The number of hydrogen-bond acceptors (Lipinski definition) is 0. The zero-order valence-electron chi connectivity index (χ0n) is 17.3. The summed E-state index contributed by atoms with van der Waals surface area (Å²) in [7, 11) is 0. The molecule has 3 heteroatoms. The molecule has 0 aliphatic heterocycles. The monoisotopic (exact) mass is 439 g/mol. The largest absolute Gasteiger partial charge is 0.676 e. The van der Waals surface area contributed by atoms with E-state index in [1.807, 2.05) is 6.92 Å². The van der Waals surface area contributed by atoms with Gasteiger partial charge >= 0.3 is 0 Å². The molecule has 0 aromatic rings. The average Bonchev–Trinajstić information content (AvgIpc) is 2.70. The van der Waals surface area contributed by atoms with Crippen LogP contribution in [0, 0.1) is 56.4 Å². The van der Waals surface area contributed by atoms with Crippen LogP contribution >= 0.6 is 0 Å². The maximum Gasteiger partial charge on any atom is 0 e. The Morgan fingerprint density at radius 3 is 0.864 bits per heavy atom. The van der Waals surface area contributed by atoms with E-state index in [1.165, 1.54) is 32.1 Å². The number of rotatable bonds is 4. The van der Waals surface area contributed by atoms with E-state index in [0.717, 1.165) is 5.92 Å². The fourth-order valence-corrected chi connectivity index (χ4v) is 1.79. The van der Waals surface area contributed by atoms with Gasteiger partial charge in [-0.3, -0.25) is 0 Å². The van der Waals surface area contributed by atoms with Gasteiger partial charge in [-0.25, -0.2) is 6.17 Å². The molecule has 0 N–H and O–H groups in total. The van der Waals surface area contributed by atoms with Gasteiger partial charge in [0.1, 0.15) is 0 Å². The van der Waals surface area contributed by atoms with Crippen molar-refractivity contribution in [3.63, 3.8) is 0 Å². The van der Waals surface area contributed by atoms with Gasteiger partial charge in [-0.1, -0.05) is 80.6 Å². The second kappa shape index (κ2) is 24.4. The first-order valence-electron chi connectivity index (χ1n) is 8.15. The zero-order valence-corrected chi connectivity index (χ0v) is 20.9. The number of hydrogen-bond donors (Lipinski definition) is 0. The molecule has 0 unspecified atom stereocenters. The third kappa shape index (κ3) is 42.9. The third-order valence-electron chi connectivity index (χ3n) is 2.28. The molecule has 1 saturated carbocycles. The van der Waals surface area contributed by atoms with Crippen molar-refractivity contribution >= 4 is 0 Å². The van der Waals surface area contributed by atoms with Crippen LogP contribution in [-0.2, 0) is 0 Å². The van der Waals surface area contributed by atoms with E-state index >= 15 is 0 Å². The second-order valence-corrected chi connectivity index (χ2v) is 6.62. The maximum atomic E-state index is 4.35. The van der Waals surface area contributed by atoms with Crippen molar-refractivity contribution in [1.82, 2.24) is 0 Å². The van der Waals surface area contributed by atoms with Crippen LogP contribution in [0.15, 0.2) is 0 Å². The smallest absolute Gasteiger partial charge is 0 e. The summed E-state index contributed by atoms with van der Waals surface area (Å²) in [6.07, 6.45) is 7.67. The second-order valence-electron chi connectivity index (χ2n) is 6.62. The van der Waals surface area contributed by atoms with Crippen molar-refractivity contribution in [2.45, 2.75) is 106 Å². The molecule has 1 rings (SSSR count). The third-order valence-corrected chi connectivity index (χ3v) is 2.28. The summed E-state index contributed by atoms with van der Waals surface area (Å²) in [5, 5.41) is 8.70. The molecular weight excluding hydrogens is 395 g/mol. The first-order chi connectivity index (χ1) is 8.75. The average molecular weight is 439 g/mol. The molecule has 1 aliphatic rings. The predicted octanol–water partition coefficient (Wildman–Crippen LogP) is 7.41. The van der Waals surface area contributed by atoms with E-state index in [-0.39, 0.29) is 56.6 Å². The van der Waals surface area contributed by atoms with Gasteiger partial charge in [-0.05, 0) is 5.92 Å². The molecule has 1 radical (unpaired) electrons. The van der Waals surface area contributed by atoms with Crippen molar-refractivity contribution in [2.75, 3.05) is 0 Å². The predicted molar refractivity (Wildman–Crippen MR) is 103 cm³/mol. The van der Waals surface area contributed by atoms with Crippen LogP contribution in [0.2, 0.25) is 0 Å². The molecule has 0 spiro atoms. The van der Waals surface area contributed by atoms with E-state index in [2.05, 4.69) is 59.1 Å². The molecular formula is C19H44LaN2-4. The van der Waals surface area contributed by atoms with Gasteiger partial charge in [0.25, 0.3) is 0 Å². The SMILES string of the molecule is C1CCCC1.CC(C)C.CC(C)[N-]C(C)[N-]C(C)C.[CH3-].[CH3-].[La]. The fourth-order valence-electron chi connectivity index (χ4n) is 1.79. The molecule has 137 valence electrons. The minimum Gasteiger partial charge on any atom is -0.676 e. The summed E-state index contributed by atoms with van der Waals surface area (Å²) in [5.74, 6) is 0.833. The summed E-state index contributed by atoms with van der Waals surface area (Å²) in [6, 6.07) is 0.801. The quantitative estimate of drug-likeness (QED) is 0.408. The van der Waals surface area contributed by atoms with Crippen LogP contribution in [0.1, 0.15) is 87.5 Å². The molecule has 0 aromatic heterocycles. The molecule has 22 heavy (non-hydrogen) atoms. The minimum absolute atomic E-state index is 0. The standard InChI is InChI=1S/C8H18N2.C5H10.C4H10.2CH3.La/c1-6(2)9-8(5)10-7(3)4;1-2-4-5-3-1;1-4(2)3;;;/h6-8H,1-5H3;1-5H2;4H,1-3H3;2*1H3;/q-2;;;2*-1;. The van der Waals surface area contributed by atoms with Crippen LogP contribution in [-0.4, -0.2) is 18.2 Å². The summed E-state index contributed by atoms with van der Waals surface area (Å²) >= 11 is 0. The van der Waals surface area contributed by atoms with Crippen LogP contribution in [0.25, 0.3) is 10.6 Å². The molecule has 1 fully saturated rings. The molecule has 1 aliphatic carbocycles. The number of nitrogens with zero attached hydrogens (tertiary/aromatic N) is 2. The van der Waals surface area contributed by atoms with Crippen molar-refractivity contribution in [2.24, 2.45) is 5.92 Å². The van der Waals surface area contributed by atoms with Gasteiger partial charge in [-0.15, -0.1) is 19.0 Å². The molecule has 0 heterocycles. The van der Waals surface area contributed by atoms with Gasteiger partial charge in [0.2, 0.25) is 0 Å². The Balaban J connectivity index is -0.0000000686. The van der Waals surface area contributed by atoms with Crippen molar-refractivity contribution < 1.29 is 35.6 Å². The van der Waals surface area contributed by atoms with Gasteiger partial charge in [0.15, 0.2) is 0 Å². The Kier molecular flexibility index (Phi) is 38.2. The Morgan fingerprint density at radius 1 is 0.545 bits per heavy atom. The van der Waals surface area contributed by atoms with Crippen molar-refractivity contribution in [3.8, 4) is 0 Å². The Hall–Kier alpha value is 1.11. The first-order valence-corrected chi connectivity index (χ1v) is 8.15. The van der Waals surface area contributed by atoms with Crippen LogP contribution in [0.4, 0.5) is 0 Å². The van der Waals surface area contributed by atoms with E-state index in [0.29, 0.717) is 12.1 Å². The molecule has 0 atom stereocenters. The van der Waals surface area contributed by atoms with E-state index < -0.39 is 0 Å². The van der Waals surface area contributed by atoms with E-state index in [9.17, 15) is 0 Å². The zero-order chi connectivity index (χ0) is 15.3. The normalized spacial score (nSPS) is 12.5. The van der Waals surface area contributed by atoms with E-state index in [4.69, 9.17) is 0 Å². The first kappa shape index (κ1) is 34.4. The summed E-state index contributed by atoms with van der Waals surface area (Å²) in [5.41, 5.74) is 0. The van der Waals surface area contributed by atoms with Crippen molar-refractivity contribution in [1.29, 1.82) is 0 Å². The topological polar surface area (TPSA) is 28.2 Å². The Morgan fingerprint density at radius 2 is 0.727 bits per heavy atom. The molecule has 0 aromatic carbocycles. The molecule has 2 nitrogen and oxygen atoms in total. The summed E-state index contributed by atoms with van der Waals surface area (Å²) in [4.78, 5) is 0.